The van der Waals surface area contributed by atoms with E-state index in [9.17, 15) is 9.59 Å². The van der Waals surface area contributed by atoms with Crippen LogP contribution in [0.15, 0.2) is 24.5 Å². The first-order valence-corrected chi connectivity index (χ1v) is 7.42. The average molecular weight is 304 g/mol. The minimum Gasteiger partial charge on any atom is -0.465 e. The predicted molar refractivity (Wildman–Crippen MR) is 81.6 cm³/mol. The molecule has 2 heterocycles. The molecule has 1 aliphatic rings. The molecule has 0 saturated carbocycles. The number of aromatic nitrogens is 1. The monoisotopic (exact) mass is 304 g/mol. The summed E-state index contributed by atoms with van der Waals surface area (Å²) < 4.78 is 5.26. The smallest absolute Gasteiger partial charge is 0.407 e. The third kappa shape index (κ3) is 3.84. The van der Waals surface area contributed by atoms with Crippen LogP contribution in [-0.4, -0.2) is 46.7 Å². The number of hydrogen-bond donors (Lipinski definition) is 1. The zero-order valence-electron chi connectivity index (χ0n) is 12.6. The second kappa shape index (κ2) is 7.59. The van der Waals surface area contributed by atoms with Gasteiger partial charge in [0.05, 0.1) is 12.2 Å². The fourth-order valence-electron chi connectivity index (χ4n) is 2.30. The summed E-state index contributed by atoms with van der Waals surface area (Å²) in [5.41, 5.74) is 2.16. The Hall–Kier alpha value is -2.37. The van der Waals surface area contributed by atoms with Crippen LogP contribution in [0.4, 0.5) is 4.79 Å². The second-order valence-electron chi connectivity index (χ2n) is 5.12. The van der Waals surface area contributed by atoms with Crippen LogP contribution in [0.25, 0.3) is 5.57 Å². The molecule has 6 heteroatoms. The SMILES string of the molecule is CCCCOC(=O)c1ccncc1C1=CCN(C(=O)O)CC1. The van der Waals surface area contributed by atoms with Gasteiger partial charge >= 0.3 is 12.1 Å². The molecule has 118 valence electrons. The van der Waals surface area contributed by atoms with Crippen molar-refractivity contribution in [3.05, 3.63) is 35.7 Å². The molecule has 1 amide bonds. The number of carboxylic acid groups (broad SMARTS) is 1. The number of carbonyl (C=O) groups is 2. The quantitative estimate of drug-likeness (QED) is 0.668. The Bertz CT molecular complexity index is 583. The van der Waals surface area contributed by atoms with E-state index in [1.54, 1.807) is 18.5 Å². The van der Waals surface area contributed by atoms with Gasteiger partial charge in [0, 0.05) is 31.0 Å². The van der Waals surface area contributed by atoms with Crippen LogP contribution in [0.3, 0.4) is 0 Å². The van der Waals surface area contributed by atoms with Crippen molar-refractivity contribution in [1.29, 1.82) is 0 Å². The zero-order valence-corrected chi connectivity index (χ0v) is 12.6. The first-order chi connectivity index (χ1) is 10.6. The lowest BCUT2D eigenvalue weighted by Gasteiger charge is -2.24. The molecule has 2 rings (SSSR count). The highest BCUT2D eigenvalue weighted by Gasteiger charge is 2.21. The number of nitrogens with zero attached hydrogens (tertiary/aromatic N) is 2. The van der Waals surface area contributed by atoms with Crippen molar-refractivity contribution in [3.8, 4) is 0 Å². The fraction of sp³-hybridized carbons (Fsp3) is 0.438. The molecule has 0 saturated heterocycles. The molecule has 0 aliphatic carbocycles. The van der Waals surface area contributed by atoms with Crippen LogP contribution >= 0.6 is 0 Å². The highest BCUT2D eigenvalue weighted by molar-refractivity contribution is 5.95. The predicted octanol–water partition coefficient (Wildman–Crippen LogP) is 2.81. The van der Waals surface area contributed by atoms with Crippen LogP contribution in [-0.2, 0) is 4.74 Å². The topological polar surface area (TPSA) is 79.7 Å². The van der Waals surface area contributed by atoms with Gasteiger partial charge < -0.3 is 14.7 Å². The summed E-state index contributed by atoms with van der Waals surface area (Å²) in [5, 5.41) is 8.97. The molecule has 6 nitrogen and oxygen atoms in total. The van der Waals surface area contributed by atoms with Gasteiger partial charge in [0.2, 0.25) is 0 Å². The lowest BCUT2D eigenvalue weighted by Crippen LogP contribution is -2.33. The lowest BCUT2D eigenvalue weighted by molar-refractivity contribution is 0.0499. The van der Waals surface area contributed by atoms with Crippen LogP contribution in [0, 0.1) is 0 Å². The number of hydrogen-bond acceptors (Lipinski definition) is 4. The normalized spacial score (nSPS) is 14.4. The van der Waals surface area contributed by atoms with Crippen LogP contribution < -0.4 is 0 Å². The van der Waals surface area contributed by atoms with Gasteiger partial charge in [-0.2, -0.15) is 0 Å². The minimum absolute atomic E-state index is 0.323. The zero-order chi connectivity index (χ0) is 15.9. The van der Waals surface area contributed by atoms with Crippen molar-refractivity contribution < 1.29 is 19.4 Å². The third-order valence-electron chi connectivity index (χ3n) is 3.60. The molecular weight excluding hydrogens is 284 g/mol. The maximum atomic E-state index is 12.2. The molecule has 1 aromatic heterocycles. The maximum absolute atomic E-state index is 12.2. The molecular formula is C16H20N2O4. The van der Waals surface area contributed by atoms with Crippen molar-refractivity contribution in [2.75, 3.05) is 19.7 Å². The van der Waals surface area contributed by atoms with E-state index in [4.69, 9.17) is 9.84 Å². The van der Waals surface area contributed by atoms with Gasteiger partial charge in [0.1, 0.15) is 0 Å². The molecule has 22 heavy (non-hydrogen) atoms. The Morgan fingerprint density at radius 3 is 2.91 bits per heavy atom. The van der Waals surface area contributed by atoms with Crippen molar-refractivity contribution in [1.82, 2.24) is 9.88 Å². The summed E-state index contributed by atoms with van der Waals surface area (Å²) in [6.07, 6.45) is 6.46. The summed E-state index contributed by atoms with van der Waals surface area (Å²) in [4.78, 5) is 28.5. The van der Waals surface area contributed by atoms with Crippen LogP contribution in [0.2, 0.25) is 0 Å². The Kier molecular flexibility index (Phi) is 5.52. The highest BCUT2D eigenvalue weighted by Crippen LogP contribution is 2.25. The number of esters is 1. The number of carbonyl (C=O) groups excluding carboxylic acids is 1. The summed E-state index contributed by atoms with van der Waals surface area (Å²) >= 11 is 0. The van der Waals surface area contributed by atoms with E-state index in [0.29, 0.717) is 31.7 Å². The molecule has 1 aromatic rings. The van der Waals surface area contributed by atoms with E-state index in [1.807, 2.05) is 13.0 Å². The largest absolute Gasteiger partial charge is 0.465 e. The van der Waals surface area contributed by atoms with Gasteiger partial charge in [-0.1, -0.05) is 19.4 Å². The van der Waals surface area contributed by atoms with Gasteiger partial charge in [-0.15, -0.1) is 0 Å². The Balaban J connectivity index is 2.15. The number of ether oxygens (including phenoxy) is 1. The van der Waals surface area contributed by atoms with Crippen molar-refractivity contribution in [2.24, 2.45) is 0 Å². The maximum Gasteiger partial charge on any atom is 0.407 e. The molecule has 0 spiro atoms. The minimum atomic E-state index is -0.930. The average Bonchev–Trinajstić information content (AvgIpc) is 2.55. The number of rotatable bonds is 5. The lowest BCUT2D eigenvalue weighted by atomic mass is 9.97. The van der Waals surface area contributed by atoms with Crippen molar-refractivity contribution >= 4 is 17.6 Å². The summed E-state index contributed by atoms with van der Waals surface area (Å²) in [5.74, 6) is -0.354. The van der Waals surface area contributed by atoms with Gasteiger partial charge in [-0.25, -0.2) is 9.59 Å². The van der Waals surface area contributed by atoms with Gasteiger partial charge in [0.25, 0.3) is 0 Å². The molecule has 0 unspecified atom stereocenters. The molecule has 0 radical (unpaired) electrons. The molecule has 0 bridgehead atoms. The van der Waals surface area contributed by atoms with E-state index in [0.717, 1.165) is 24.0 Å². The standard InChI is InChI=1S/C16H20N2O4/c1-2-3-10-22-15(19)13-4-7-17-11-14(13)12-5-8-18(9-6-12)16(20)21/h4-5,7,11H,2-3,6,8-10H2,1H3,(H,20,21). The van der Waals surface area contributed by atoms with E-state index in [1.165, 1.54) is 4.90 Å². The molecule has 0 atom stereocenters. The van der Waals surface area contributed by atoms with Gasteiger partial charge in [-0.3, -0.25) is 4.98 Å². The Morgan fingerprint density at radius 2 is 2.27 bits per heavy atom. The molecule has 1 N–H and O–H groups in total. The molecule has 0 aromatic carbocycles. The number of pyridine rings is 1. The second-order valence-corrected chi connectivity index (χ2v) is 5.12. The third-order valence-corrected chi connectivity index (χ3v) is 3.60. The Morgan fingerprint density at radius 1 is 1.45 bits per heavy atom. The highest BCUT2D eigenvalue weighted by atomic mass is 16.5. The van der Waals surface area contributed by atoms with Crippen LogP contribution in [0.5, 0.6) is 0 Å². The summed E-state index contributed by atoms with van der Waals surface area (Å²) in [7, 11) is 0. The van der Waals surface area contributed by atoms with E-state index in [-0.39, 0.29) is 5.97 Å². The van der Waals surface area contributed by atoms with Gasteiger partial charge in [-0.05, 0) is 24.5 Å². The Labute approximate surface area is 129 Å². The number of amides is 1. The molecule has 1 aliphatic heterocycles. The fourth-order valence-corrected chi connectivity index (χ4v) is 2.30. The first-order valence-electron chi connectivity index (χ1n) is 7.42. The summed E-state index contributed by atoms with van der Waals surface area (Å²) in [6.45, 7) is 3.18. The van der Waals surface area contributed by atoms with Crippen LogP contribution in [0.1, 0.15) is 42.1 Å². The van der Waals surface area contributed by atoms with E-state index >= 15 is 0 Å². The summed E-state index contributed by atoms with van der Waals surface area (Å²) in [6, 6.07) is 1.65. The van der Waals surface area contributed by atoms with Crippen molar-refractivity contribution in [3.63, 3.8) is 0 Å². The van der Waals surface area contributed by atoms with E-state index < -0.39 is 6.09 Å². The number of unbranched alkanes of at least 4 members (excludes halogenated alkanes) is 1. The van der Waals surface area contributed by atoms with Gasteiger partial charge in [0.15, 0.2) is 0 Å². The molecule has 0 fully saturated rings. The van der Waals surface area contributed by atoms with Crippen molar-refractivity contribution in [2.45, 2.75) is 26.2 Å². The first kappa shape index (κ1) is 16.0. The van der Waals surface area contributed by atoms with E-state index in [2.05, 4.69) is 4.98 Å².